The maximum atomic E-state index is 12.4. The zero-order valence-corrected chi connectivity index (χ0v) is 11.4. The van der Waals surface area contributed by atoms with Gasteiger partial charge in [-0.05, 0) is 42.8 Å². The van der Waals surface area contributed by atoms with Crippen molar-refractivity contribution in [1.82, 2.24) is 5.32 Å². The van der Waals surface area contributed by atoms with Crippen LogP contribution in [-0.2, 0) is 6.18 Å². The molecule has 1 atom stereocenters. The van der Waals surface area contributed by atoms with Gasteiger partial charge in [0.1, 0.15) is 11.9 Å². The zero-order chi connectivity index (χ0) is 16.2. The lowest BCUT2D eigenvalue weighted by molar-refractivity contribution is -0.137. The molecule has 2 rings (SSSR count). The Bertz CT molecular complexity index is 606. The van der Waals surface area contributed by atoms with E-state index in [1.165, 1.54) is 6.26 Å². The third kappa shape index (κ3) is 4.11. The van der Waals surface area contributed by atoms with Crippen LogP contribution in [0.4, 0.5) is 13.2 Å². The molecule has 1 aromatic heterocycles. The minimum atomic E-state index is -4.43. The number of aliphatic hydroxyl groups is 1. The molecule has 1 aromatic carbocycles. The number of furan rings is 1. The topological polar surface area (TPSA) is 62.5 Å². The molecule has 0 fully saturated rings. The van der Waals surface area contributed by atoms with E-state index in [1.54, 1.807) is 12.1 Å². The molecular formula is C15H14F3NO3. The summed E-state index contributed by atoms with van der Waals surface area (Å²) in [5.74, 6) is -0.107. The van der Waals surface area contributed by atoms with Crippen molar-refractivity contribution >= 4 is 5.91 Å². The van der Waals surface area contributed by atoms with Gasteiger partial charge >= 0.3 is 6.18 Å². The predicted molar refractivity (Wildman–Crippen MR) is 72.1 cm³/mol. The molecule has 22 heavy (non-hydrogen) atoms. The van der Waals surface area contributed by atoms with Gasteiger partial charge < -0.3 is 14.8 Å². The number of amides is 1. The Balaban J connectivity index is 1.85. The molecule has 4 nitrogen and oxygen atoms in total. The summed E-state index contributed by atoms with van der Waals surface area (Å²) in [6.45, 7) is 0.168. The van der Waals surface area contributed by atoms with Gasteiger partial charge in [-0.1, -0.05) is 0 Å². The summed E-state index contributed by atoms with van der Waals surface area (Å²) in [7, 11) is 0. The Morgan fingerprint density at radius 1 is 1.23 bits per heavy atom. The molecule has 7 heteroatoms. The van der Waals surface area contributed by atoms with Gasteiger partial charge in [-0.15, -0.1) is 0 Å². The second kappa shape index (κ2) is 6.65. The minimum Gasteiger partial charge on any atom is -0.467 e. The van der Waals surface area contributed by atoms with Crippen LogP contribution in [0.25, 0.3) is 0 Å². The number of rotatable bonds is 5. The van der Waals surface area contributed by atoms with Crippen molar-refractivity contribution in [1.29, 1.82) is 0 Å². The Hall–Kier alpha value is -2.28. The molecule has 2 N–H and O–H groups in total. The van der Waals surface area contributed by atoms with E-state index in [2.05, 4.69) is 5.32 Å². The molecule has 2 aromatic rings. The molecule has 0 aliphatic rings. The van der Waals surface area contributed by atoms with Crippen LogP contribution in [0.15, 0.2) is 47.1 Å². The highest BCUT2D eigenvalue weighted by molar-refractivity contribution is 5.94. The van der Waals surface area contributed by atoms with Gasteiger partial charge in [0.15, 0.2) is 0 Å². The summed E-state index contributed by atoms with van der Waals surface area (Å²) in [5, 5.41) is 12.3. The first-order valence-electron chi connectivity index (χ1n) is 6.55. The van der Waals surface area contributed by atoms with Crippen LogP contribution in [0, 0.1) is 0 Å². The number of halogens is 3. The van der Waals surface area contributed by atoms with Crippen molar-refractivity contribution in [2.75, 3.05) is 6.54 Å². The number of carbonyl (C=O) groups excluding carboxylic acids is 1. The van der Waals surface area contributed by atoms with Crippen LogP contribution >= 0.6 is 0 Å². The molecule has 1 heterocycles. The van der Waals surface area contributed by atoms with Gasteiger partial charge in [-0.25, -0.2) is 0 Å². The van der Waals surface area contributed by atoms with E-state index in [-0.39, 0.29) is 18.5 Å². The normalized spacial score (nSPS) is 12.9. The van der Waals surface area contributed by atoms with Gasteiger partial charge in [-0.2, -0.15) is 13.2 Å². The van der Waals surface area contributed by atoms with Gasteiger partial charge in [0.05, 0.1) is 11.8 Å². The average molecular weight is 313 g/mol. The Kier molecular flexibility index (Phi) is 4.87. The fraction of sp³-hybridized carbons (Fsp3) is 0.267. The molecule has 0 saturated heterocycles. The van der Waals surface area contributed by atoms with E-state index >= 15 is 0 Å². The molecule has 0 saturated carbocycles. The first-order valence-corrected chi connectivity index (χ1v) is 6.55. The molecule has 1 amide bonds. The standard InChI is InChI=1S/C15H14F3NO3/c16-15(17,18)11-5-3-10(4-6-11)14(21)19-8-7-12(20)13-2-1-9-22-13/h1-6,9,12,20H,7-8H2,(H,19,21). The highest BCUT2D eigenvalue weighted by Crippen LogP contribution is 2.29. The molecule has 1 unspecified atom stereocenters. The van der Waals surface area contributed by atoms with E-state index in [4.69, 9.17) is 4.42 Å². The number of benzene rings is 1. The number of nitrogens with one attached hydrogen (secondary N) is 1. The lowest BCUT2D eigenvalue weighted by Crippen LogP contribution is -2.25. The Morgan fingerprint density at radius 3 is 2.45 bits per heavy atom. The van der Waals surface area contributed by atoms with E-state index in [0.717, 1.165) is 24.3 Å². The largest absolute Gasteiger partial charge is 0.467 e. The third-order valence-corrected chi connectivity index (χ3v) is 3.05. The molecular weight excluding hydrogens is 299 g/mol. The van der Waals surface area contributed by atoms with Crippen LogP contribution in [0.1, 0.15) is 34.2 Å². The van der Waals surface area contributed by atoms with Crippen LogP contribution in [-0.4, -0.2) is 17.6 Å². The van der Waals surface area contributed by atoms with Crippen LogP contribution in [0.2, 0.25) is 0 Å². The first-order chi connectivity index (χ1) is 10.4. The number of carbonyl (C=O) groups is 1. The Labute approximate surface area is 124 Å². The fourth-order valence-corrected chi connectivity index (χ4v) is 1.86. The van der Waals surface area contributed by atoms with Crippen molar-refractivity contribution < 1.29 is 27.5 Å². The van der Waals surface area contributed by atoms with Gasteiger partial charge in [0, 0.05) is 12.1 Å². The van der Waals surface area contributed by atoms with E-state index < -0.39 is 23.8 Å². The quantitative estimate of drug-likeness (QED) is 0.891. The Morgan fingerprint density at radius 2 is 1.91 bits per heavy atom. The van der Waals surface area contributed by atoms with Crippen LogP contribution in [0.5, 0.6) is 0 Å². The first kappa shape index (κ1) is 16.1. The summed E-state index contributed by atoms with van der Waals surface area (Å²) in [5.41, 5.74) is -0.683. The second-order valence-corrected chi connectivity index (χ2v) is 4.65. The highest BCUT2D eigenvalue weighted by Gasteiger charge is 2.30. The smallest absolute Gasteiger partial charge is 0.416 e. The third-order valence-electron chi connectivity index (χ3n) is 3.05. The summed E-state index contributed by atoms with van der Waals surface area (Å²) in [6.07, 6.45) is -3.61. The van der Waals surface area contributed by atoms with Crippen molar-refractivity contribution in [2.45, 2.75) is 18.7 Å². The molecule has 0 aliphatic carbocycles. The van der Waals surface area contributed by atoms with Crippen LogP contribution in [0.3, 0.4) is 0 Å². The van der Waals surface area contributed by atoms with Gasteiger partial charge in [-0.3, -0.25) is 4.79 Å². The summed E-state index contributed by atoms with van der Waals surface area (Å²) >= 11 is 0. The van der Waals surface area contributed by atoms with Crippen molar-refractivity contribution in [3.8, 4) is 0 Å². The van der Waals surface area contributed by atoms with E-state index in [9.17, 15) is 23.1 Å². The monoisotopic (exact) mass is 313 g/mol. The number of hydrogen-bond acceptors (Lipinski definition) is 3. The van der Waals surface area contributed by atoms with Gasteiger partial charge in [0.2, 0.25) is 0 Å². The number of aliphatic hydroxyl groups excluding tert-OH is 1. The molecule has 0 bridgehead atoms. The summed E-state index contributed by atoms with van der Waals surface area (Å²) in [6, 6.07) is 7.18. The maximum Gasteiger partial charge on any atom is 0.416 e. The van der Waals surface area contributed by atoms with Gasteiger partial charge in [0.25, 0.3) is 5.91 Å². The summed E-state index contributed by atoms with van der Waals surface area (Å²) < 4.78 is 42.2. The van der Waals surface area contributed by atoms with E-state index in [1.807, 2.05) is 0 Å². The van der Waals surface area contributed by atoms with Crippen molar-refractivity contribution in [2.24, 2.45) is 0 Å². The zero-order valence-electron chi connectivity index (χ0n) is 11.4. The molecule has 0 spiro atoms. The number of alkyl halides is 3. The number of hydrogen-bond donors (Lipinski definition) is 2. The lowest BCUT2D eigenvalue weighted by atomic mass is 10.1. The maximum absolute atomic E-state index is 12.4. The molecule has 0 radical (unpaired) electrons. The second-order valence-electron chi connectivity index (χ2n) is 4.65. The average Bonchev–Trinajstić information content (AvgIpc) is 3.00. The SMILES string of the molecule is O=C(NCCC(O)c1ccco1)c1ccc(C(F)(F)F)cc1. The van der Waals surface area contributed by atoms with E-state index in [0.29, 0.717) is 5.76 Å². The lowest BCUT2D eigenvalue weighted by Gasteiger charge is -2.10. The fourth-order valence-electron chi connectivity index (χ4n) is 1.86. The minimum absolute atomic E-state index is 0.125. The predicted octanol–water partition coefficient (Wildman–Crippen LogP) is 3.15. The van der Waals surface area contributed by atoms with Crippen LogP contribution < -0.4 is 5.32 Å². The molecule has 0 aliphatic heterocycles. The van der Waals surface area contributed by atoms with Crippen molar-refractivity contribution in [3.63, 3.8) is 0 Å². The molecule has 118 valence electrons. The summed E-state index contributed by atoms with van der Waals surface area (Å²) in [4.78, 5) is 11.8. The van der Waals surface area contributed by atoms with Crippen molar-refractivity contribution in [3.05, 3.63) is 59.5 Å². The highest BCUT2D eigenvalue weighted by atomic mass is 19.4.